The van der Waals surface area contributed by atoms with Crippen molar-refractivity contribution in [2.45, 2.75) is 90.4 Å². The molecule has 14 nitrogen and oxygen atoms in total. The number of nitrogens with one attached hydrogen (secondary N) is 4. The Morgan fingerprint density at radius 3 is 2.11 bits per heavy atom. The molecule has 1 fully saturated rings. The second-order valence-corrected chi connectivity index (χ2v) is 14.3. The third-order valence-electron chi connectivity index (χ3n) is 7.76. The third kappa shape index (κ3) is 9.28. The highest BCUT2D eigenvalue weighted by Crippen LogP contribution is 2.24. The van der Waals surface area contributed by atoms with Gasteiger partial charge in [-0.2, -0.15) is 4.31 Å². The predicted octanol–water partition coefficient (Wildman–Crippen LogP) is 1.21. The molecule has 4 N–H and O–H groups in total. The number of amides is 4. The summed E-state index contributed by atoms with van der Waals surface area (Å²) in [5.41, 5.74) is 0.844. The van der Waals surface area contributed by atoms with E-state index in [1.54, 1.807) is 38.1 Å². The van der Waals surface area contributed by atoms with Gasteiger partial charge in [0.2, 0.25) is 33.7 Å². The van der Waals surface area contributed by atoms with E-state index in [4.69, 9.17) is 9.26 Å². The van der Waals surface area contributed by atoms with E-state index < -0.39 is 64.4 Å². The molecule has 0 saturated carbocycles. The van der Waals surface area contributed by atoms with Gasteiger partial charge in [0.15, 0.2) is 5.76 Å². The first-order chi connectivity index (χ1) is 21.5. The van der Waals surface area contributed by atoms with Crippen LogP contribution in [0.5, 0.6) is 5.75 Å². The SMILES string of the molecule is COc1ccc(C[C@@H]2NC(=O)[C@H](CC(C)C)NC(=O)CN(S(=O)(=O)c3c(C)noc3C)C[C@H](C(C)C)NC(=O)[C@@H](C)NC2=O)cc1. The fraction of sp³-hybridized carbons (Fsp3) is 0.581. The molecule has 0 spiro atoms. The fourth-order valence-corrected chi connectivity index (χ4v) is 6.84. The van der Waals surface area contributed by atoms with Gasteiger partial charge in [-0.1, -0.05) is 45.0 Å². The zero-order valence-corrected chi connectivity index (χ0v) is 28.5. The van der Waals surface area contributed by atoms with E-state index in [9.17, 15) is 27.6 Å². The van der Waals surface area contributed by atoms with Crippen molar-refractivity contribution in [2.24, 2.45) is 11.8 Å². The number of hydrogen-bond donors (Lipinski definition) is 4. The quantitative estimate of drug-likeness (QED) is 0.322. The van der Waals surface area contributed by atoms with Crippen molar-refractivity contribution in [1.82, 2.24) is 30.7 Å². The number of sulfonamides is 1. The molecule has 46 heavy (non-hydrogen) atoms. The fourth-order valence-electron chi connectivity index (χ4n) is 5.13. The summed E-state index contributed by atoms with van der Waals surface area (Å²) in [4.78, 5) is 53.9. The number of rotatable bonds is 8. The Kier molecular flexibility index (Phi) is 12.3. The number of aryl methyl sites for hydroxylation is 2. The average Bonchev–Trinajstić information content (AvgIpc) is 3.32. The number of nitrogens with zero attached hydrogens (tertiary/aromatic N) is 2. The molecule has 4 atom stereocenters. The lowest BCUT2D eigenvalue weighted by Gasteiger charge is -2.30. The Labute approximate surface area is 270 Å². The summed E-state index contributed by atoms with van der Waals surface area (Å²) in [7, 11) is -2.81. The Morgan fingerprint density at radius 1 is 0.935 bits per heavy atom. The molecule has 1 aliphatic heterocycles. The number of ether oxygens (including phenoxy) is 1. The predicted molar refractivity (Wildman–Crippen MR) is 169 cm³/mol. The van der Waals surface area contributed by atoms with Crippen LogP contribution >= 0.6 is 0 Å². The number of hydrogen-bond acceptors (Lipinski definition) is 9. The van der Waals surface area contributed by atoms with Gasteiger partial charge in [0.1, 0.15) is 34.5 Å². The van der Waals surface area contributed by atoms with Crippen molar-refractivity contribution < 1.29 is 36.9 Å². The van der Waals surface area contributed by atoms with Crippen LogP contribution in [0, 0.1) is 25.7 Å². The van der Waals surface area contributed by atoms with Gasteiger partial charge in [0.05, 0.1) is 13.7 Å². The lowest BCUT2D eigenvalue weighted by molar-refractivity contribution is -0.133. The minimum Gasteiger partial charge on any atom is -0.497 e. The first kappa shape index (κ1) is 36.5. The molecule has 1 aliphatic rings. The number of carbonyl (C=O) groups excluding carboxylic acids is 4. The Morgan fingerprint density at radius 2 is 1.57 bits per heavy atom. The van der Waals surface area contributed by atoms with Gasteiger partial charge >= 0.3 is 0 Å². The van der Waals surface area contributed by atoms with Gasteiger partial charge < -0.3 is 30.5 Å². The van der Waals surface area contributed by atoms with Crippen LogP contribution in [0.2, 0.25) is 0 Å². The highest BCUT2D eigenvalue weighted by molar-refractivity contribution is 7.89. The number of aromatic nitrogens is 1. The highest BCUT2D eigenvalue weighted by atomic mass is 32.2. The summed E-state index contributed by atoms with van der Waals surface area (Å²) in [6.45, 7) is 10.9. The van der Waals surface area contributed by atoms with Gasteiger partial charge in [0, 0.05) is 19.0 Å². The van der Waals surface area contributed by atoms with Crippen molar-refractivity contribution in [3.05, 3.63) is 41.3 Å². The van der Waals surface area contributed by atoms with E-state index in [0.717, 1.165) is 9.87 Å². The largest absolute Gasteiger partial charge is 0.497 e. The van der Waals surface area contributed by atoms with Crippen LogP contribution in [0.1, 0.15) is 58.1 Å². The summed E-state index contributed by atoms with van der Waals surface area (Å²) >= 11 is 0. The molecular weight excluding hydrogens is 616 g/mol. The minimum atomic E-state index is -4.35. The molecule has 0 bridgehead atoms. The lowest BCUT2D eigenvalue weighted by atomic mass is 10.0. The molecule has 254 valence electrons. The maximum absolute atomic E-state index is 14.0. The van der Waals surface area contributed by atoms with Gasteiger partial charge in [-0.3, -0.25) is 19.2 Å². The van der Waals surface area contributed by atoms with E-state index in [1.165, 1.54) is 27.9 Å². The Balaban J connectivity index is 2.05. The molecule has 0 unspecified atom stereocenters. The van der Waals surface area contributed by atoms with E-state index >= 15 is 0 Å². The topological polar surface area (TPSA) is 189 Å². The molecule has 1 aromatic carbocycles. The van der Waals surface area contributed by atoms with Crippen molar-refractivity contribution in [2.75, 3.05) is 20.2 Å². The summed E-state index contributed by atoms with van der Waals surface area (Å²) in [5, 5.41) is 14.7. The van der Waals surface area contributed by atoms with Gasteiger partial charge in [0.25, 0.3) is 0 Å². The van der Waals surface area contributed by atoms with Gasteiger partial charge in [-0.05, 0) is 56.7 Å². The average molecular weight is 663 g/mol. The maximum atomic E-state index is 14.0. The van der Waals surface area contributed by atoms with Crippen LogP contribution in [0.25, 0.3) is 0 Å². The number of carbonyl (C=O) groups is 4. The molecule has 1 saturated heterocycles. The minimum absolute atomic E-state index is 0.0405. The van der Waals surface area contributed by atoms with Crippen LogP contribution in [-0.2, 0) is 35.6 Å². The molecule has 0 radical (unpaired) electrons. The normalized spacial score (nSPS) is 22.8. The molecule has 1 aromatic heterocycles. The molecule has 15 heteroatoms. The first-order valence-electron chi connectivity index (χ1n) is 15.3. The summed E-state index contributed by atoms with van der Waals surface area (Å²) in [6, 6.07) is 3.03. The molecule has 4 amide bonds. The van der Waals surface area contributed by atoms with Crippen LogP contribution in [0.4, 0.5) is 0 Å². The lowest BCUT2D eigenvalue weighted by Crippen LogP contribution is -2.57. The van der Waals surface area contributed by atoms with Crippen LogP contribution in [0.15, 0.2) is 33.7 Å². The van der Waals surface area contributed by atoms with Crippen molar-refractivity contribution in [1.29, 1.82) is 0 Å². The standard InChI is InChI=1S/C31H46N6O8S/c1-17(2)13-24-31(41)34-25(14-22-9-11-23(44-8)12-10-22)30(40)32-20(6)29(39)35-26(18(3)4)15-37(16-27(38)33-24)46(42,43)28-19(5)36-45-21(28)7/h9-12,17-18,20,24-26H,13-16H2,1-8H3,(H,32,40)(H,33,38)(H,34,41)(H,35,39)/t20-,24+,25+,26-/m1/s1. The monoisotopic (exact) mass is 662 g/mol. The molecular formula is C31H46N6O8S. The maximum Gasteiger partial charge on any atom is 0.249 e. The van der Waals surface area contributed by atoms with Gasteiger partial charge in [-0.15, -0.1) is 0 Å². The molecule has 0 aliphatic carbocycles. The van der Waals surface area contributed by atoms with E-state index in [-0.39, 0.29) is 47.6 Å². The zero-order valence-electron chi connectivity index (χ0n) is 27.7. The molecule has 2 heterocycles. The smallest absolute Gasteiger partial charge is 0.249 e. The van der Waals surface area contributed by atoms with Crippen LogP contribution in [0.3, 0.4) is 0 Å². The van der Waals surface area contributed by atoms with Gasteiger partial charge in [-0.25, -0.2) is 8.42 Å². The summed E-state index contributed by atoms with van der Waals surface area (Å²) in [5.74, 6) is -2.15. The second kappa shape index (κ2) is 15.5. The number of benzene rings is 1. The van der Waals surface area contributed by atoms with E-state index in [1.807, 2.05) is 13.8 Å². The Hall–Kier alpha value is -3.98. The summed E-state index contributed by atoms with van der Waals surface area (Å²) < 4.78 is 39.2. The van der Waals surface area contributed by atoms with E-state index in [0.29, 0.717) is 5.75 Å². The highest BCUT2D eigenvalue weighted by Gasteiger charge is 2.37. The molecule has 2 aromatic rings. The zero-order chi connectivity index (χ0) is 34.3. The summed E-state index contributed by atoms with van der Waals surface area (Å²) in [6.07, 6.45) is 0.312. The third-order valence-corrected chi connectivity index (χ3v) is 9.82. The van der Waals surface area contributed by atoms with E-state index in [2.05, 4.69) is 26.4 Å². The first-order valence-corrected chi connectivity index (χ1v) is 16.7. The second-order valence-electron chi connectivity index (χ2n) is 12.4. The number of methoxy groups -OCH3 is 1. The van der Waals surface area contributed by atoms with Crippen LogP contribution in [-0.4, -0.2) is 85.9 Å². The Bertz CT molecular complexity index is 1490. The van der Waals surface area contributed by atoms with Crippen molar-refractivity contribution in [3.8, 4) is 5.75 Å². The van der Waals surface area contributed by atoms with Crippen LogP contribution < -0.4 is 26.0 Å². The molecule has 3 rings (SSSR count). The van der Waals surface area contributed by atoms with Crippen molar-refractivity contribution >= 4 is 33.7 Å². The van der Waals surface area contributed by atoms with Crippen molar-refractivity contribution in [3.63, 3.8) is 0 Å².